The third kappa shape index (κ3) is 4.14. The molecule has 6 nitrogen and oxygen atoms in total. The number of carbonyl (C=O) groups is 2. The number of thiophene rings is 1. The largest absolute Gasteiger partial charge is 0.467 e. The predicted molar refractivity (Wildman–Crippen MR) is 106 cm³/mol. The van der Waals surface area contributed by atoms with Crippen LogP contribution in [0.1, 0.15) is 44.9 Å². The monoisotopic (exact) mass is 395 g/mol. The Morgan fingerprint density at radius 2 is 2.14 bits per heavy atom. The third-order valence-corrected chi connectivity index (χ3v) is 6.00. The summed E-state index contributed by atoms with van der Waals surface area (Å²) in [5.41, 5.74) is 0.780. The zero-order chi connectivity index (χ0) is 19.3. The number of hydrogen-bond donors (Lipinski definition) is 1. The van der Waals surface area contributed by atoms with E-state index in [1.807, 2.05) is 41.3 Å². The van der Waals surface area contributed by atoms with Crippen molar-refractivity contribution >= 4 is 23.2 Å². The molecule has 1 aliphatic heterocycles. The van der Waals surface area contributed by atoms with Gasteiger partial charge in [0.1, 0.15) is 5.76 Å². The molecule has 0 aromatic carbocycles. The van der Waals surface area contributed by atoms with Gasteiger partial charge in [-0.1, -0.05) is 6.07 Å². The van der Waals surface area contributed by atoms with Crippen molar-refractivity contribution in [3.63, 3.8) is 0 Å². The molecular formula is C21H21N3O3S. The first-order chi connectivity index (χ1) is 13.7. The molecular weight excluding hydrogens is 374 g/mol. The van der Waals surface area contributed by atoms with Crippen LogP contribution in [0.15, 0.2) is 59.3 Å². The lowest BCUT2D eigenvalue weighted by Gasteiger charge is -2.23. The maximum absolute atomic E-state index is 12.8. The maximum Gasteiger partial charge on any atom is 0.261 e. The summed E-state index contributed by atoms with van der Waals surface area (Å²) in [6, 6.07) is 13.1. The number of nitrogens with one attached hydrogen (secondary N) is 1. The Kier molecular flexibility index (Phi) is 5.53. The summed E-state index contributed by atoms with van der Waals surface area (Å²) in [5, 5.41) is 2.86. The second kappa shape index (κ2) is 8.39. The molecule has 1 aliphatic rings. The summed E-state index contributed by atoms with van der Waals surface area (Å²) in [6.07, 6.45) is 5.48. The number of rotatable bonds is 6. The Morgan fingerprint density at radius 3 is 2.93 bits per heavy atom. The van der Waals surface area contributed by atoms with Crippen LogP contribution in [-0.2, 0) is 17.8 Å². The van der Waals surface area contributed by atoms with Crippen LogP contribution in [0.3, 0.4) is 0 Å². The van der Waals surface area contributed by atoms with Crippen molar-refractivity contribution < 1.29 is 14.0 Å². The highest BCUT2D eigenvalue weighted by Crippen LogP contribution is 2.36. The Labute approximate surface area is 167 Å². The SMILES string of the molecule is O=C(NCc1ccco1)c1ccc([C@H]2CCCN2C(=O)Cc2ccccn2)s1. The highest BCUT2D eigenvalue weighted by atomic mass is 32.1. The Hall–Kier alpha value is -2.93. The van der Waals surface area contributed by atoms with Gasteiger partial charge in [-0.2, -0.15) is 0 Å². The van der Waals surface area contributed by atoms with Crippen molar-refractivity contribution in [2.75, 3.05) is 6.54 Å². The molecule has 0 saturated carbocycles. The summed E-state index contributed by atoms with van der Waals surface area (Å²) < 4.78 is 5.23. The molecule has 1 fully saturated rings. The quantitative estimate of drug-likeness (QED) is 0.692. The molecule has 0 aliphatic carbocycles. The Bertz CT molecular complexity index is 937. The fourth-order valence-corrected chi connectivity index (χ4v) is 4.51. The number of nitrogens with zero attached hydrogens (tertiary/aromatic N) is 2. The number of carbonyl (C=O) groups excluding carboxylic acids is 2. The average Bonchev–Trinajstić information content (AvgIpc) is 3.48. The lowest BCUT2D eigenvalue weighted by molar-refractivity contribution is -0.131. The minimum atomic E-state index is -0.128. The molecule has 0 radical (unpaired) electrons. The summed E-state index contributed by atoms with van der Waals surface area (Å²) in [5.74, 6) is 0.669. The van der Waals surface area contributed by atoms with E-state index >= 15 is 0 Å². The molecule has 1 saturated heterocycles. The summed E-state index contributed by atoms with van der Waals surface area (Å²) in [7, 11) is 0. The van der Waals surface area contributed by atoms with Crippen molar-refractivity contribution in [2.24, 2.45) is 0 Å². The van der Waals surface area contributed by atoms with E-state index in [2.05, 4.69) is 10.3 Å². The topological polar surface area (TPSA) is 75.4 Å². The van der Waals surface area contributed by atoms with E-state index in [1.54, 1.807) is 18.5 Å². The first kappa shape index (κ1) is 18.4. The highest BCUT2D eigenvalue weighted by molar-refractivity contribution is 7.14. The smallest absolute Gasteiger partial charge is 0.261 e. The van der Waals surface area contributed by atoms with E-state index in [4.69, 9.17) is 4.42 Å². The van der Waals surface area contributed by atoms with Gasteiger partial charge in [0.15, 0.2) is 0 Å². The number of amides is 2. The molecule has 2 amide bonds. The van der Waals surface area contributed by atoms with Crippen molar-refractivity contribution in [1.82, 2.24) is 15.2 Å². The first-order valence-corrected chi connectivity index (χ1v) is 10.1. The van der Waals surface area contributed by atoms with Crippen LogP contribution in [0.2, 0.25) is 0 Å². The standard InChI is InChI=1S/C21H21N3O3S/c25-20(13-15-5-1-2-10-22-15)24-11-3-7-17(24)18-8-9-19(28-18)21(26)23-14-16-6-4-12-27-16/h1-2,4-6,8-10,12,17H,3,7,11,13-14H2,(H,23,26)/t17-/m1/s1. The highest BCUT2D eigenvalue weighted by Gasteiger charge is 2.31. The maximum atomic E-state index is 12.8. The normalized spacial score (nSPS) is 16.3. The van der Waals surface area contributed by atoms with Gasteiger partial charge in [0.05, 0.1) is 30.1 Å². The van der Waals surface area contributed by atoms with Gasteiger partial charge < -0.3 is 14.6 Å². The van der Waals surface area contributed by atoms with E-state index in [1.165, 1.54) is 11.3 Å². The molecule has 3 aromatic rings. The summed E-state index contributed by atoms with van der Waals surface area (Å²) >= 11 is 1.45. The van der Waals surface area contributed by atoms with Gasteiger partial charge in [0.25, 0.3) is 5.91 Å². The number of hydrogen-bond acceptors (Lipinski definition) is 5. The summed E-state index contributed by atoms with van der Waals surface area (Å²) in [4.78, 5) is 33.0. The predicted octanol–water partition coefficient (Wildman–Crippen LogP) is 3.57. The fraction of sp³-hybridized carbons (Fsp3) is 0.286. The van der Waals surface area contributed by atoms with Gasteiger partial charge in [-0.3, -0.25) is 14.6 Å². The van der Waals surface area contributed by atoms with E-state index in [0.29, 0.717) is 23.6 Å². The molecule has 1 atom stereocenters. The van der Waals surface area contributed by atoms with Crippen LogP contribution < -0.4 is 5.32 Å². The zero-order valence-electron chi connectivity index (χ0n) is 15.3. The molecule has 144 valence electrons. The second-order valence-corrected chi connectivity index (χ2v) is 7.82. The number of aromatic nitrogens is 1. The minimum Gasteiger partial charge on any atom is -0.467 e. The van der Waals surface area contributed by atoms with E-state index < -0.39 is 0 Å². The van der Waals surface area contributed by atoms with Crippen LogP contribution >= 0.6 is 11.3 Å². The fourth-order valence-electron chi connectivity index (χ4n) is 3.44. The third-order valence-electron chi connectivity index (χ3n) is 4.81. The molecule has 0 spiro atoms. The van der Waals surface area contributed by atoms with E-state index in [-0.39, 0.29) is 17.9 Å². The van der Waals surface area contributed by atoms with Crippen molar-refractivity contribution in [2.45, 2.75) is 31.8 Å². The lowest BCUT2D eigenvalue weighted by atomic mass is 10.1. The lowest BCUT2D eigenvalue weighted by Crippen LogP contribution is -2.31. The van der Waals surface area contributed by atoms with Gasteiger partial charge in [0.2, 0.25) is 5.91 Å². The molecule has 0 bridgehead atoms. The number of likely N-dealkylation sites (tertiary alicyclic amines) is 1. The van der Waals surface area contributed by atoms with E-state index in [0.717, 1.165) is 30.0 Å². The molecule has 3 aromatic heterocycles. The van der Waals surface area contributed by atoms with Crippen LogP contribution in [0.25, 0.3) is 0 Å². The Morgan fingerprint density at radius 1 is 1.21 bits per heavy atom. The van der Waals surface area contributed by atoms with Gasteiger partial charge >= 0.3 is 0 Å². The van der Waals surface area contributed by atoms with Crippen LogP contribution in [0, 0.1) is 0 Å². The van der Waals surface area contributed by atoms with Crippen LogP contribution in [0.4, 0.5) is 0 Å². The van der Waals surface area contributed by atoms with Gasteiger partial charge in [-0.15, -0.1) is 11.3 Å². The van der Waals surface area contributed by atoms with Crippen LogP contribution in [-0.4, -0.2) is 28.2 Å². The summed E-state index contributed by atoms with van der Waals surface area (Å²) in [6.45, 7) is 1.10. The van der Waals surface area contributed by atoms with Gasteiger partial charge in [0, 0.05) is 23.3 Å². The second-order valence-electron chi connectivity index (χ2n) is 6.71. The number of pyridine rings is 1. The van der Waals surface area contributed by atoms with Gasteiger partial charge in [-0.05, 0) is 49.2 Å². The van der Waals surface area contributed by atoms with E-state index in [9.17, 15) is 9.59 Å². The molecule has 4 rings (SSSR count). The molecule has 4 heterocycles. The van der Waals surface area contributed by atoms with Crippen molar-refractivity contribution in [1.29, 1.82) is 0 Å². The van der Waals surface area contributed by atoms with Crippen LogP contribution in [0.5, 0.6) is 0 Å². The minimum absolute atomic E-state index is 0.0350. The Balaban J connectivity index is 1.40. The van der Waals surface area contributed by atoms with Crippen molar-refractivity contribution in [3.05, 3.63) is 76.1 Å². The first-order valence-electron chi connectivity index (χ1n) is 9.30. The number of furan rings is 1. The average molecular weight is 395 g/mol. The molecule has 7 heteroatoms. The molecule has 28 heavy (non-hydrogen) atoms. The molecule has 1 N–H and O–H groups in total. The van der Waals surface area contributed by atoms with Crippen molar-refractivity contribution in [3.8, 4) is 0 Å². The zero-order valence-corrected chi connectivity index (χ0v) is 16.2. The van der Waals surface area contributed by atoms with Gasteiger partial charge in [-0.25, -0.2) is 0 Å². The molecule has 0 unspecified atom stereocenters.